The van der Waals surface area contributed by atoms with E-state index in [0.29, 0.717) is 5.92 Å². The van der Waals surface area contributed by atoms with Gasteiger partial charge in [-0.1, -0.05) is 31.5 Å². The smallest absolute Gasteiger partial charge is 0.272 e. The van der Waals surface area contributed by atoms with E-state index in [1.807, 2.05) is 25.7 Å². The second-order valence-electron chi connectivity index (χ2n) is 8.18. The highest BCUT2D eigenvalue weighted by molar-refractivity contribution is 5.95. The van der Waals surface area contributed by atoms with Gasteiger partial charge in [0.05, 0.1) is 5.69 Å². The topological polar surface area (TPSA) is 41.4 Å². The third-order valence-electron chi connectivity index (χ3n) is 5.86. The molecular weight excluding hydrogens is 360 g/mol. The number of hydrogen-bond donors (Lipinski definition) is 0. The van der Waals surface area contributed by atoms with Gasteiger partial charge >= 0.3 is 0 Å². The van der Waals surface area contributed by atoms with Crippen molar-refractivity contribution in [3.05, 3.63) is 40.2 Å². The Labute approximate surface area is 175 Å². The molecule has 1 aromatic heterocycles. The summed E-state index contributed by atoms with van der Waals surface area (Å²) < 4.78 is 2.13. The number of aromatic nitrogens is 2. The van der Waals surface area contributed by atoms with Crippen molar-refractivity contribution in [2.24, 2.45) is 5.92 Å². The molecule has 2 aromatic rings. The van der Waals surface area contributed by atoms with Crippen LogP contribution in [0.2, 0.25) is 0 Å². The fourth-order valence-corrected chi connectivity index (χ4v) is 4.47. The molecule has 0 radical (unpaired) electrons. The van der Waals surface area contributed by atoms with Crippen LogP contribution in [0.5, 0.6) is 0 Å². The lowest BCUT2D eigenvalue weighted by atomic mass is 10.0. The molecule has 1 aliphatic heterocycles. The third kappa shape index (κ3) is 4.05. The highest BCUT2D eigenvalue weighted by Gasteiger charge is 2.34. The Balaban J connectivity index is 0.00000117. The molecule has 0 bridgehead atoms. The SMILES string of the molecule is CC.CCN(CC1CC1)C(=O)c1c(C)nc2n1CCN2c1c(C)cc(C)cc1C. The summed E-state index contributed by atoms with van der Waals surface area (Å²) in [4.78, 5) is 22.4. The number of carbonyl (C=O) groups is 1. The van der Waals surface area contributed by atoms with E-state index in [2.05, 4.69) is 49.3 Å². The van der Waals surface area contributed by atoms with Crippen LogP contribution in [0.15, 0.2) is 12.1 Å². The van der Waals surface area contributed by atoms with Crippen LogP contribution in [0, 0.1) is 33.6 Å². The molecular formula is C24H36N4O. The van der Waals surface area contributed by atoms with E-state index in [4.69, 9.17) is 4.98 Å². The van der Waals surface area contributed by atoms with E-state index in [1.165, 1.54) is 35.2 Å². The van der Waals surface area contributed by atoms with Crippen molar-refractivity contribution in [2.75, 3.05) is 24.5 Å². The molecule has 0 atom stereocenters. The summed E-state index contributed by atoms with van der Waals surface area (Å²) in [7, 11) is 0. The molecule has 1 saturated carbocycles. The molecule has 0 saturated heterocycles. The molecule has 0 unspecified atom stereocenters. The molecule has 4 rings (SSSR count). The molecule has 1 fully saturated rings. The Morgan fingerprint density at radius 3 is 2.28 bits per heavy atom. The predicted molar refractivity (Wildman–Crippen MR) is 120 cm³/mol. The van der Waals surface area contributed by atoms with E-state index in [0.717, 1.165) is 43.5 Å². The van der Waals surface area contributed by atoms with E-state index in [9.17, 15) is 4.79 Å². The quantitative estimate of drug-likeness (QED) is 0.700. The highest BCUT2D eigenvalue weighted by atomic mass is 16.2. The zero-order chi connectivity index (χ0) is 21.3. The zero-order valence-electron chi connectivity index (χ0n) is 19.2. The number of amides is 1. The first-order chi connectivity index (χ1) is 13.9. The number of fused-ring (bicyclic) bond motifs is 1. The van der Waals surface area contributed by atoms with Crippen LogP contribution in [0.25, 0.3) is 0 Å². The van der Waals surface area contributed by atoms with Gasteiger partial charge in [0, 0.05) is 31.9 Å². The molecule has 5 nitrogen and oxygen atoms in total. The second kappa shape index (κ2) is 8.60. The summed E-state index contributed by atoms with van der Waals surface area (Å²) in [5, 5.41) is 0. The van der Waals surface area contributed by atoms with Gasteiger partial charge in [-0.3, -0.25) is 4.79 Å². The summed E-state index contributed by atoms with van der Waals surface area (Å²) in [6.07, 6.45) is 2.51. The molecule has 1 aliphatic carbocycles. The van der Waals surface area contributed by atoms with Gasteiger partial charge in [-0.05, 0) is 64.5 Å². The second-order valence-corrected chi connectivity index (χ2v) is 8.18. The Kier molecular flexibility index (Phi) is 6.35. The van der Waals surface area contributed by atoms with Crippen LogP contribution in [-0.2, 0) is 6.54 Å². The maximum atomic E-state index is 13.2. The van der Waals surface area contributed by atoms with Crippen LogP contribution in [0.4, 0.5) is 11.6 Å². The number of rotatable bonds is 5. The Morgan fingerprint density at radius 1 is 1.10 bits per heavy atom. The number of imidazole rings is 1. The van der Waals surface area contributed by atoms with Gasteiger partial charge < -0.3 is 14.4 Å². The van der Waals surface area contributed by atoms with Crippen molar-refractivity contribution in [1.82, 2.24) is 14.5 Å². The molecule has 2 aliphatic rings. The van der Waals surface area contributed by atoms with Gasteiger partial charge in [-0.2, -0.15) is 0 Å². The molecule has 29 heavy (non-hydrogen) atoms. The van der Waals surface area contributed by atoms with E-state index in [-0.39, 0.29) is 5.91 Å². The standard InChI is InChI=1S/C22H30N4O.C2H6/c1-6-24(13-18-7-8-18)21(27)20-17(5)23-22-25(9-10-26(20)22)19-15(3)11-14(2)12-16(19)4;1-2/h11-12,18H,6-10,13H2,1-5H3;1-2H3. The van der Waals surface area contributed by atoms with Crippen molar-refractivity contribution >= 4 is 17.5 Å². The first kappa shape index (κ1) is 21.4. The minimum absolute atomic E-state index is 0.139. The zero-order valence-corrected chi connectivity index (χ0v) is 19.2. The van der Waals surface area contributed by atoms with Crippen molar-refractivity contribution in [3.63, 3.8) is 0 Å². The van der Waals surface area contributed by atoms with Crippen LogP contribution < -0.4 is 4.90 Å². The number of carbonyl (C=O) groups excluding carboxylic acids is 1. The van der Waals surface area contributed by atoms with Gasteiger partial charge in [0.1, 0.15) is 5.69 Å². The molecule has 5 heteroatoms. The maximum absolute atomic E-state index is 13.2. The fourth-order valence-electron chi connectivity index (χ4n) is 4.47. The van der Waals surface area contributed by atoms with Crippen molar-refractivity contribution in [1.29, 1.82) is 0 Å². The monoisotopic (exact) mass is 396 g/mol. The van der Waals surface area contributed by atoms with Gasteiger partial charge in [0.2, 0.25) is 5.95 Å². The van der Waals surface area contributed by atoms with E-state index >= 15 is 0 Å². The number of anilines is 2. The summed E-state index contributed by atoms with van der Waals surface area (Å²) >= 11 is 0. The predicted octanol–water partition coefficient (Wildman–Crippen LogP) is 5.17. The van der Waals surface area contributed by atoms with E-state index in [1.54, 1.807) is 0 Å². The molecule has 2 heterocycles. The summed E-state index contributed by atoms with van der Waals surface area (Å²) in [5.74, 6) is 1.75. The lowest BCUT2D eigenvalue weighted by Crippen LogP contribution is -2.34. The minimum atomic E-state index is 0.139. The fraction of sp³-hybridized carbons (Fsp3) is 0.583. The van der Waals surface area contributed by atoms with Crippen LogP contribution in [0.3, 0.4) is 0 Å². The lowest BCUT2D eigenvalue weighted by molar-refractivity contribution is 0.0746. The van der Waals surface area contributed by atoms with Crippen molar-refractivity contribution in [3.8, 4) is 0 Å². The minimum Gasteiger partial charge on any atom is -0.337 e. The van der Waals surface area contributed by atoms with Gasteiger partial charge in [0.15, 0.2) is 0 Å². The molecule has 1 amide bonds. The lowest BCUT2D eigenvalue weighted by Gasteiger charge is -2.22. The Bertz CT molecular complexity index is 872. The van der Waals surface area contributed by atoms with Crippen LogP contribution in [0.1, 0.15) is 66.5 Å². The summed E-state index contributed by atoms with van der Waals surface area (Å²) in [5.41, 5.74) is 6.65. The van der Waals surface area contributed by atoms with Crippen LogP contribution in [-0.4, -0.2) is 40.0 Å². The van der Waals surface area contributed by atoms with Gasteiger partial charge in [-0.25, -0.2) is 4.98 Å². The maximum Gasteiger partial charge on any atom is 0.272 e. The first-order valence-electron chi connectivity index (χ1n) is 11.1. The number of benzene rings is 1. The van der Waals surface area contributed by atoms with Crippen molar-refractivity contribution in [2.45, 2.75) is 67.9 Å². The number of aryl methyl sites for hydroxylation is 4. The molecule has 1 aromatic carbocycles. The largest absolute Gasteiger partial charge is 0.337 e. The van der Waals surface area contributed by atoms with Crippen molar-refractivity contribution < 1.29 is 4.79 Å². The van der Waals surface area contributed by atoms with Gasteiger partial charge in [-0.15, -0.1) is 0 Å². The highest BCUT2D eigenvalue weighted by Crippen LogP contribution is 2.37. The Hall–Kier alpha value is -2.30. The first-order valence-corrected chi connectivity index (χ1v) is 11.1. The average molecular weight is 397 g/mol. The molecule has 0 N–H and O–H groups in total. The number of nitrogens with zero attached hydrogens (tertiary/aromatic N) is 4. The molecule has 0 spiro atoms. The average Bonchev–Trinajstić information content (AvgIpc) is 3.34. The van der Waals surface area contributed by atoms with E-state index < -0.39 is 0 Å². The summed E-state index contributed by atoms with van der Waals surface area (Å²) in [6.45, 7) is 17.8. The summed E-state index contributed by atoms with van der Waals surface area (Å²) in [6, 6.07) is 4.45. The number of hydrogen-bond acceptors (Lipinski definition) is 3. The Morgan fingerprint density at radius 2 is 1.72 bits per heavy atom. The normalized spacial score (nSPS) is 15.1. The van der Waals surface area contributed by atoms with Crippen LogP contribution >= 0.6 is 0 Å². The molecule has 158 valence electrons. The third-order valence-corrected chi connectivity index (χ3v) is 5.86. The van der Waals surface area contributed by atoms with Gasteiger partial charge in [0.25, 0.3) is 5.91 Å².